The van der Waals surface area contributed by atoms with Gasteiger partial charge in [-0.3, -0.25) is 0 Å². The van der Waals surface area contributed by atoms with E-state index < -0.39 is 0 Å². The number of hydrogen-bond donors (Lipinski definition) is 1. The third-order valence-electron chi connectivity index (χ3n) is 3.08. The molecule has 2 rings (SSSR count). The Morgan fingerprint density at radius 2 is 2.15 bits per heavy atom. The van der Waals surface area contributed by atoms with Gasteiger partial charge in [-0.2, -0.15) is 0 Å². The molecule has 0 aliphatic carbocycles. The Morgan fingerprint density at radius 1 is 1.31 bits per heavy atom. The van der Waals surface area contributed by atoms with Gasteiger partial charge in [-0.05, 0) is 49.9 Å². The zero-order valence-corrected chi connectivity index (χ0v) is 8.43. The maximum atomic E-state index is 3.54. The molecule has 0 bridgehead atoms. The van der Waals surface area contributed by atoms with E-state index in [1.54, 1.807) is 0 Å². The zero-order chi connectivity index (χ0) is 9.26. The molecule has 0 spiro atoms. The van der Waals surface area contributed by atoms with Gasteiger partial charge in [0.05, 0.1) is 0 Å². The van der Waals surface area contributed by atoms with Crippen molar-refractivity contribution in [2.45, 2.75) is 32.7 Å². The molecule has 0 radical (unpaired) electrons. The van der Waals surface area contributed by atoms with E-state index in [0.717, 1.165) is 0 Å². The zero-order valence-electron chi connectivity index (χ0n) is 8.43. The average Bonchev–Trinajstić information content (AvgIpc) is 2.62. The summed E-state index contributed by atoms with van der Waals surface area (Å²) in [5, 5.41) is 3.54. The van der Waals surface area contributed by atoms with Crippen LogP contribution in [0.1, 0.15) is 35.6 Å². The number of nitrogens with one attached hydrogen (secondary N) is 1. The van der Waals surface area contributed by atoms with Gasteiger partial charge in [-0.1, -0.05) is 18.2 Å². The Hall–Kier alpha value is -0.820. The molecule has 1 aliphatic rings. The molecule has 1 heterocycles. The van der Waals surface area contributed by atoms with Crippen LogP contribution in [0.3, 0.4) is 0 Å². The number of aryl methyl sites for hydroxylation is 1. The van der Waals surface area contributed by atoms with Crippen molar-refractivity contribution in [3.05, 3.63) is 34.9 Å². The molecule has 1 atom stereocenters. The highest BCUT2D eigenvalue weighted by atomic mass is 14.9. The van der Waals surface area contributed by atoms with Crippen molar-refractivity contribution < 1.29 is 0 Å². The molecule has 13 heavy (non-hydrogen) atoms. The first-order chi connectivity index (χ1) is 6.29. The molecule has 0 amide bonds. The van der Waals surface area contributed by atoms with E-state index in [1.165, 1.54) is 36.1 Å². The Bertz CT molecular complexity index is 298. The maximum absolute atomic E-state index is 3.54. The molecule has 1 unspecified atom stereocenters. The van der Waals surface area contributed by atoms with Crippen LogP contribution in [0.25, 0.3) is 0 Å². The summed E-state index contributed by atoms with van der Waals surface area (Å²) in [5.41, 5.74) is 4.37. The van der Waals surface area contributed by atoms with E-state index in [-0.39, 0.29) is 0 Å². The fraction of sp³-hybridized carbons (Fsp3) is 0.500. The summed E-state index contributed by atoms with van der Waals surface area (Å²) in [6.45, 7) is 5.59. The largest absolute Gasteiger partial charge is 0.310 e. The average molecular weight is 175 g/mol. The van der Waals surface area contributed by atoms with Gasteiger partial charge in [0.2, 0.25) is 0 Å². The highest BCUT2D eigenvalue weighted by Crippen LogP contribution is 2.26. The van der Waals surface area contributed by atoms with Gasteiger partial charge < -0.3 is 5.32 Å². The van der Waals surface area contributed by atoms with Gasteiger partial charge in [-0.25, -0.2) is 0 Å². The number of hydrogen-bond acceptors (Lipinski definition) is 1. The van der Waals surface area contributed by atoms with Crippen LogP contribution in [0.4, 0.5) is 0 Å². The third-order valence-corrected chi connectivity index (χ3v) is 3.08. The predicted molar refractivity (Wildman–Crippen MR) is 55.9 cm³/mol. The topological polar surface area (TPSA) is 12.0 Å². The summed E-state index contributed by atoms with van der Waals surface area (Å²) in [6.07, 6.45) is 2.61. The third kappa shape index (κ3) is 1.61. The minimum absolute atomic E-state index is 0.611. The molecule has 1 saturated heterocycles. The van der Waals surface area contributed by atoms with Crippen LogP contribution < -0.4 is 5.32 Å². The van der Waals surface area contributed by atoms with Gasteiger partial charge in [0.25, 0.3) is 0 Å². The van der Waals surface area contributed by atoms with E-state index in [9.17, 15) is 0 Å². The van der Waals surface area contributed by atoms with E-state index in [0.29, 0.717) is 6.04 Å². The second-order valence-corrected chi connectivity index (χ2v) is 3.94. The Balaban J connectivity index is 2.33. The predicted octanol–water partition coefficient (Wildman–Crippen LogP) is 2.73. The SMILES string of the molecule is Cc1cccc(C2CCCN2)c1C. The lowest BCUT2D eigenvalue weighted by atomic mass is 9.97. The second kappa shape index (κ2) is 3.51. The van der Waals surface area contributed by atoms with Gasteiger partial charge in [-0.15, -0.1) is 0 Å². The summed E-state index contributed by atoms with van der Waals surface area (Å²) in [5.74, 6) is 0. The molecule has 1 fully saturated rings. The highest BCUT2D eigenvalue weighted by Gasteiger charge is 2.17. The second-order valence-electron chi connectivity index (χ2n) is 3.94. The lowest BCUT2D eigenvalue weighted by molar-refractivity contribution is 0.643. The van der Waals surface area contributed by atoms with Gasteiger partial charge >= 0.3 is 0 Å². The van der Waals surface area contributed by atoms with E-state index in [1.807, 2.05) is 0 Å². The standard InChI is InChI=1S/C12H17N/c1-9-5-3-6-11(10(9)2)12-7-4-8-13-12/h3,5-6,12-13H,4,7-8H2,1-2H3. The van der Waals surface area contributed by atoms with E-state index in [2.05, 4.69) is 37.4 Å². The Labute approximate surface area is 80.2 Å². The van der Waals surface area contributed by atoms with Crippen molar-refractivity contribution in [2.24, 2.45) is 0 Å². The summed E-state index contributed by atoms with van der Waals surface area (Å²) in [4.78, 5) is 0. The van der Waals surface area contributed by atoms with Crippen LogP contribution in [0.2, 0.25) is 0 Å². The van der Waals surface area contributed by atoms with Crippen molar-refractivity contribution in [2.75, 3.05) is 6.54 Å². The molecule has 1 heteroatoms. The number of benzene rings is 1. The van der Waals surface area contributed by atoms with Crippen molar-refractivity contribution in [3.63, 3.8) is 0 Å². The van der Waals surface area contributed by atoms with Crippen molar-refractivity contribution >= 4 is 0 Å². The van der Waals surface area contributed by atoms with Crippen LogP contribution >= 0.6 is 0 Å². The normalized spacial score (nSPS) is 22.2. The summed E-state index contributed by atoms with van der Waals surface area (Å²) in [6, 6.07) is 7.22. The Kier molecular flexibility index (Phi) is 2.36. The lowest BCUT2D eigenvalue weighted by Crippen LogP contribution is -2.14. The van der Waals surface area contributed by atoms with Crippen LogP contribution in [0, 0.1) is 13.8 Å². The first-order valence-electron chi connectivity index (χ1n) is 5.08. The molecule has 0 aromatic heterocycles. The lowest BCUT2D eigenvalue weighted by Gasteiger charge is -2.15. The van der Waals surface area contributed by atoms with Crippen LogP contribution in [-0.2, 0) is 0 Å². The molecule has 1 aliphatic heterocycles. The molecular formula is C12H17N. The fourth-order valence-electron chi connectivity index (χ4n) is 2.10. The van der Waals surface area contributed by atoms with Gasteiger partial charge in [0.1, 0.15) is 0 Å². The minimum atomic E-state index is 0.611. The Morgan fingerprint density at radius 3 is 2.85 bits per heavy atom. The quantitative estimate of drug-likeness (QED) is 0.692. The molecule has 1 aromatic carbocycles. The molecule has 1 nitrogen and oxygen atoms in total. The summed E-state index contributed by atoms with van der Waals surface area (Å²) in [7, 11) is 0. The fourth-order valence-corrected chi connectivity index (χ4v) is 2.10. The molecule has 0 saturated carbocycles. The minimum Gasteiger partial charge on any atom is -0.310 e. The number of rotatable bonds is 1. The van der Waals surface area contributed by atoms with Crippen molar-refractivity contribution in [1.82, 2.24) is 5.32 Å². The van der Waals surface area contributed by atoms with Crippen molar-refractivity contribution in [1.29, 1.82) is 0 Å². The van der Waals surface area contributed by atoms with Gasteiger partial charge in [0, 0.05) is 6.04 Å². The molecule has 1 aromatic rings. The van der Waals surface area contributed by atoms with E-state index >= 15 is 0 Å². The van der Waals surface area contributed by atoms with Crippen LogP contribution in [-0.4, -0.2) is 6.54 Å². The smallest absolute Gasteiger partial charge is 0.0323 e. The molecular weight excluding hydrogens is 158 g/mol. The van der Waals surface area contributed by atoms with Crippen LogP contribution in [0.15, 0.2) is 18.2 Å². The van der Waals surface area contributed by atoms with Crippen LogP contribution in [0.5, 0.6) is 0 Å². The van der Waals surface area contributed by atoms with E-state index in [4.69, 9.17) is 0 Å². The van der Waals surface area contributed by atoms with Gasteiger partial charge in [0.15, 0.2) is 0 Å². The molecule has 70 valence electrons. The highest BCUT2D eigenvalue weighted by molar-refractivity contribution is 5.35. The summed E-state index contributed by atoms with van der Waals surface area (Å²) >= 11 is 0. The monoisotopic (exact) mass is 175 g/mol. The molecule has 1 N–H and O–H groups in total. The summed E-state index contributed by atoms with van der Waals surface area (Å²) < 4.78 is 0. The maximum Gasteiger partial charge on any atom is 0.0323 e. The van der Waals surface area contributed by atoms with Crippen molar-refractivity contribution in [3.8, 4) is 0 Å². The first kappa shape index (κ1) is 8.76. The first-order valence-corrected chi connectivity index (χ1v) is 5.08.